The van der Waals surface area contributed by atoms with Crippen LogP contribution in [0, 0.1) is 0 Å². The number of hydrogen-bond acceptors (Lipinski definition) is 8. The van der Waals surface area contributed by atoms with Crippen molar-refractivity contribution in [2.24, 2.45) is 0 Å². The van der Waals surface area contributed by atoms with Gasteiger partial charge in [0, 0.05) is 9.79 Å². The van der Waals surface area contributed by atoms with Crippen LogP contribution in [0.1, 0.15) is 26.7 Å². The third-order valence-electron chi connectivity index (χ3n) is 3.02. The fourth-order valence-corrected chi connectivity index (χ4v) is 10.5. The van der Waals surface area contributed by atoms with E-state index in [0.717, 1.165) is 21.3 Å². The number of rotatable bonds is 6. The summed E-state index contributed by atoms with van der Waals surface area (Å²) in [5, 5.41) is 19.4. The Balaban J connectivity index is 1.78. The number of phenols is 2. The zero-order chi connectivity index (χ0) is 17.1. The van der Waals surface area contributed by atoms with Crippen molar-refractivity contribution < 1.29 is 10.2 Å². The molecule has 0 aliphatic carbocycles. The number of aromatic hydroxyl groups is 2. The molecule has 0 saturated carbocycles. The van der Waals surface area contributed by atoms with Crippen LogP contribution < -0.4 is 0 Å². The highest BCUT2D eigenvalue weighted by Gasteiger charge is 2.29. The summed E-state index contributed by atoms with van der Waals surface area (Å²) >= 11 is 11.1. The van der Waals surface area contributed by atoms with Gasteiger partial charge in [-0.3, -0.25) is 0 Å². The summed E-state index contributed by atoms with van der Waals surface area (Å²) in [7, 11) is 0. The van der Waals surface area contributed by atoms with Gasteiger partial charge >= 0.3 is 0 Å². The van der Waals surface area contributed by atoms with Crippen LogP contribution in [0.4, 0.5) is 0 Å². The van der Waals surface area contributed by atoms with Crippen molar-refractivity contribution in [1.82, 2.24) is 0 Å². The van der Waals surface area contributed by atoms with Gasteiger partial charge in [0.05, 0.1) is 16.9 Å². The van der Waals surface area contributed by atoms with E-state index in [4.69, 9.17) is 0 Å². The van der Waals surface area contributed by atoms with Crippen molar-refractivity contribution in [2.45, 2.75) is 36.5 Å². The van der Waals surface area contributed by atoms with Gasteiger partial charge in [-0.25, -0.2) is 0 Å². The SMILES string of the molecule is CCCSC1=C(SCCC)SC(=C2Sc3cc(O)c(O)cc3S2)S1. The molecule has 2 heterocycles. The largest absolute Gasteiger partial charge is 0.504 e. The third-order valence-corrected chi connectivity index (χ3v) is 12.0. The van der Waals surface area contributed by atoms with Crippen molar-refractivity contribution in [3.05, 3.63) is 29.1 Å². The molecule has 130 valence electrons. The Morgan fingerprint density at radius 2 is 1.17 bits per heavy atom. The Morgan fingerprint density at radius 3 is 1.58 bits per heavy atom. The van der Waals surface area contributed by atoms with Crippen LogP contribution in [0.2, 0.25) is 0 Å². The second-order valence-corrected chi connectivity index (χ2v) is 12.4. The molecule has 0 atom stereocenters. The van der Waals surface area contributed by atoms with Crippen LogP contribution in [-0.4, -0.2) is 21.7 Å². The zero-order valence-corrected chi connectivity index (χ0v) is 18.2. The van der Waals surface area contributed by atoms with Crippen molar-refractivity contribution in [3.63, 3.8) is 0 Å². The van der Waals surface area contributed by atoms with E-state index < -0.39 is 0 Å². The fourth-order valence-electron chi connectivity index (χ4n) is 1.92. The summed E-state index contributed by atoms with van der Waals surface area (Å²) in [5.41, 5.74) is 0. The fraction of sp³-hybridized carbons (Fsp3) is 0.375. The van der Waals surface area contributed by atoms with Gasteiger partial charge in [-0.15, -0.1) is 23.5 Å². The predicted octanol–water partition coefficient (Wildman–Crippen LogP) is 7.32. The smallest absolute Gasteiger partial charge is 0.158 e. The van der Waals surface area contributed by atoms with E-state index in [-0.39, 0.29) is 11.5 Å². The zero-order valence-electron chi connectivity index (χ0n) is 13.3. The maximum absolute atomic E-state index is 9.70. The van der Waals surface area contributed by atoms with Crippen LogP contribution in [0.3, 0.4) is 0 Å². The van der Waals surface area contributed by atoms with Crippen molar-refractivity contribution in [1.29, 1.82) is 0 Å². The minimum absolute atomic E-state index is 0.0451. The van der Waals surface area contributed by atoms with E-state index in [1.807, 2.05) is 47.0 Å². The normalized spacial score (nSPS) is 17.1. The van der Waals surface area contributed by atoms with Crippen LogP contribution >= 0.6 is 70.6 Å². The van der Waals surface area contributed by atoms with Crippen molar-refractivity contribution >= 4 is 70.6 Å². The first-order valence-corrected chi connectivity index (χ1v) is 12.9. The van der Waals surface area contributed by atoms with Crippen LogP contribution in [0.25, 0.3) is 0 Å². The van der Waals surface area contributed by atoms with Crippen LogP contribution in [-0.2, 0) is 0 Å². The monoisotopic (exact) mass is 434 g/mol. The van der Waals surface area contributed by atoms with E-state index in [1.54, 1.807) is 35.7 Å². The number of benzene rings is 1. The van der Waals surface area contributed by atoms with Gasteiger partial charge in [-0.05, 0) is 36.5 Å². The lowest BCUT2D eigenvalue weighted by atomic mass is 10.3. The average molecular weight is 435 g/mol. The van der Waals surface area contributed by atoms with Gasteiger partial charge in [0.1, 0.15) is 0 Å². The molecular formula is C16H18O2S6. The second kappa shape index (κ2) is 8.86. The van der Waals surface area contributed by atoms with E-state index in [9.17, 15) is 10.2 Å². The Labute approximate surface area is 168 Å². The number of thioether (sulfide) groups is 6. The molecule has 1 aromatic rings. The summed E-state index contributed by atoms with van der Waals surface area (Å²) in [6.45, 7) is 4.44. The van der Waals surface area contributed by atoms with Crippen LogP contribution in [0.15, 0.2) is 38.9 Å². The average Bonchev–Trinajstić information content (AvgIpc) is 3.15. The molecule has 2 N–H and O–H groups in total. The van der Waals surface area contributed by atoms with E-state index >= 15 is 0 Å². The number of fused-ring (bicyclic) bond motifs is 1. The second-order valence-electron chi connectivity index (χ2n) is 5.04. The molecule has 0 aromatic heterocycles. The molecule has 1 aromatic carbocycles. The molecule has 0 radical (unpaired) electrons. The Morgan fingerprint density at radius 1 is 0.750 bits per heavy atom. The Kier molecular flexibility index (Phi) is 7.08. The number of hydrogen-bond donors (Lipinski definition) is 2. The molecule has 2 aliphatic heterocycles. The molecule has 2 nitrogen and oxygen atoms in total. The minimum Gasteiger partial charge on any atom is -0.504 e. The molecule has 3 rings (SSSR count). The molecule has 8 heteroatoms. The first-order valence-electron chi connectivity index (χ1n) is 7.63. The summed E-state index contributed by atoms with van der Waals surface area (Å²) in [5.74, 6) is 2.22. The number of phenolic OH excluding ortho intramolecular Hbond substituents is 2. The molecule has 0 bridgehead atoms. The molecular weight excluding hydrogens is 417 g/mol. The van der Waals surface area contributed by atoms with Gasteiger partial charge in [-0.1, -0.05) is 60.9 Å². The summed E-state index contributed by atoms with van der Waals surface area (Å²) in [4.78, 5) is 2.05. The van der Waals surface area contributed by atoms with E-state index in [0.29, 0.717) is 0 Å². The lowest BCUT2D eigenvalue weighted by Crippen LogP contribution is -1.77. The highest BCUT2D eigenvalue weighted by Crippen LogP contribution is 2.64. The maximum Gasteiger partial charge on any atom is 0.158 e. The first kappa shape index (κ1) is 19.2. The Bertz CT molecular complexity index is 643. The Hall–Kier alpha value is 0.400. The van der Waals surface area contributed by atoms with Gasteiger partial charge < -0.3 is 10.2 Å². The summed E-state index contributed by atoms with van der Waals surface area (Å²) < 4.78 is 5.46. The topological polar surface area (TPSA) is 40.5 Å². The summed E-state index contributed by atoms with van der Waals surface area (Å²) in [6, 6.07) is 3.32. The van der Waals surface area contributed by atoms with Gasteiger partial charge in [0.2, 0.25) is 0 Å². The van der Waals surface area contributed by atoms with E-state index in [2.05, 4.69) is 13.8 Å². The summed E-state index contributed by atoms with van der Waals surface area (Å²) in [6.07, 6.45) is 2.37. The molecule has 0 spiro atoms. The van der Waals surface area contributed by atoms with Gasteiger partial charge in [0.15, 0.2) is 11.5 Å². The molecule has 0 amide bonds. The lowest BCUT2D eigenvalue weighted by molar-refractivity contribution is 0.401. The molecule has 24 heavy (non-hydrogen) atoms. The third kappa shape index (κ3) is 4.38. The quantitative estimate of drug-likeness (QED) is 0.451. The van der Waals surface area contributed by atoms with Gasteiger partial charge in [0.25, 0.3) is 0 Å². The van der Waals surface area contributed by atoms with Crippen molar-refractivity contribution in [3.8, 4) is 11.5 Å². The maximum atomic E-state index is 9.70. The molecule has 0 fully saturated rings. The van der Waals surface area contributed by atoms with Crippen LogP contribution in [0.5, 0.6) is 11.5 Å². The first-order chi connectivity index (χ1) is 11.6. The highest BCUT2D eigenvalue weighted by atomic mass is 32.3. The van der Waals surface area contributed by atoms with Crippen molar-refractivity contribution in [2.75, 3.05) is 11.5 Å². The minimum atomic E-state index is -0.0451. The lowest BCUT2D eigenvalue weighted by Gasteiger charge is -2.02. The highest BCUT2D eigenvalue weighted by molar-refractivity contribution is 8.42. The molecule has 2 aliphatic rings. The van der Waals surface area contributed by atoms with E-state index in [1.165, 1.54) is 29.8 Å². The molecule has 0 unspecified atom stereocenters. The molecule has 0 saturated heterocycles. The standard InChI is InChI=1S/C16H18O2S6/c1-3-5-19-13-14(20-6-4-2)24-16(23-13)15-21-11-7-9(17)10(18)8-12(11)22-15/h7-8,17-18H,3-6H2,1-2H3. The van der Waals surface area contributed by atoms with Gasteiger partial charge in [-0.2, -0.15) is 0 Å². The predicted molar refractivity (Wildman–Crippen MR) is 116 cm³/mol.